The van der Waals surface area contributed by atoms with Crippen LogP contribution in [0.4, 0.5) is 0 Å². The van der Waals surface area contributed by atoms with Crippen LogP contribution in [-0.4, -0.2) is 36.3 Å². The van der Waals surface area contributed by atoms with Gasteiger partial charge in [0.2, 0.25) is 0 Å². The number of Topliss-reactive ketones (excluding diaryl/α,β-unsaturated/α-hetero) is 4. The summed E-state index contributed by atoms with van der Waals surface area (Å²) in [6, 6.07) is 7.70. The number of halogens is 2. The molecule has 0 aliphatic carbocycles. The van der Waals surface area contributed by atoms with E-state index >= 15 is 0 Å². The zero-order chi connectivity index (χ0) is 28.4. The van der Waals surface area contributed by atoms with E-state index in [1.54, 1.807) is 0 Å². The van der Waals surface area contributed by atoms with Crippen LogP contribution in [0.15, 0.2) is 37.6 Å². The van der Waals surface area contributed by atoms with Crippen LogP contribution >= 0.6 is 31.9 Å². The Kier molecular flexibility index (Phi) is 12.2. The van der Waals surface area contributed by atoms with Gasteiger partial charge in [-0.1, -0.05) is 0 Å². The molecule has 0 unspecified atom stereocenters. The van der Waals surface area contributed by atoms with Gasteiger partial charge in [0.25, 0.3) is 0 Å². The van der Waals surface area contributed by atoms with Gasteiger partial charge in [-0.3, -0.25) is 19.2 Å². The summed E-state index contributed by atoms with van der Waals surface area (Å²) in [4.78, 5) is 45.3. The molecule has 0 atom stereocenters. The molecule has 0 bridgehead atoms. The largest absolute Gasteiger partial charge is 0.492 e. The maximum Gasteiger partial charge on any atom is 0.140 e. The van der Waals surface area contributed by atoms with E-state index in [-0.39, 0.29) is 36.0 Å². The molecule has 0 amide bonds. The third-order valence-corrected chi connectivity index (χ3v) is 7.42. The van der Waals surface area contributed by atoms with Crippen LogP contribution in [0, 0.1) is 0 Å². The second kappa shape index (κ2) is 15.3. The molecule has 0 N–H and O–H groups in total. The van der Waals surface area contributed by atoms with E-state index in [1.165, 1.54) is 13.8 Å². The third kappa shape index (κ3) is 9.87. The topological polar surface area (TPSA) is 99.9 Å². The van der Waals surface area contributed by atoms with Crippen molar-refractivity contribution in [3.05, 3.63) is 33.2 Å². The van der Waals surface area contributed by atoms with Gasteiger partial charge < -0.3 is 13.9 Å². The highest BCUT2D eigenvalue weighted by Gasteiger charge is 2.15. The molecule has 3 aromatic rings. The van der Waals surface area contributed by atoms with Crippen molar-refractivity contribution in [2.75, 3.05) is 13.2 Å². The van der Waals surface area contributed by atoms with Crippen LogP contribution < -0.4 is 9.47 Å². The minimum Gasteiger partial charge on any atom is -0.492 e. The summed E-state index contributed by atoms with van der Waals surface area (Å²) in [6.07, 6.45) is 5.71. The number of ketones is 4. The summed E-state index contributed by atoms with van der Waals surface area (Å²) in [5.41, 5.74) is 1.46. The van der Waals surface area contributed by atoms with Gasteiger partial charge in [0, 0.05) is 23.6 Å². The van der Waals surface area contributed by atoms with Crippen molar-refractivity contribution in [1.82, 2.24) is 0 Å². The van der Waals surface area contributed by atoms with Gasteiger partial charge in [0.15, 0.2) is 0 Å². The van der Waals surface area contributed by atoms with Crippen molar-refractivity contribution < 1.29 is 33.1 Å². The molecule has 0 aliphatic heterocycles. The van der Waals surface area contributed by atoms with Crippen molar-refractivity contribution in [2.45, 2.75) is 78.1 Å². The van der Waals surface area contributed by atoms with E-state index in [0.717, 1.165) is 69.4 Å². The molecule has 1 heterocycles. The molecule has 0 radical (unpaired) electrons. The van der Waals surface area contributed by atoms with Gasteiger partial charge in [0.05, 0.1) is 35.0 Å². The maximum atomic E-state index is 11.7. The Morgan fingerprint density at radius 1 is 0.641 bits per heavy atom. The Morgan fingerprint density at radius 3 is 1.44 bits per heavy atom. The predicted octanol–water partition coefficient (Wildman–Crippen LogP) is 8.09. The summed E-state index contributed by atoms with van der Waals surface area (Å²) < 4.78 is 19.7. The Morgan fingerprint density at radius 2 is 1.05 bits per heavy atom. The highest BCUT2D eigenvalue weighted by atomic mass is 79.9. The Bertz CT molecular complexity index is 1240. The number of furan rings is 1. The molecular formula is C30H34Br2O7. The Labute approximate surface area is 245 Å². The van der Waals surface area contributed by atoms with Crippen LogP contribution in [0.2, 0.25) is 0 Å². The number of rotatable bonds is 18. The maximum absolute atomic E-state index is 11.7. The fourth-order valence-corrected chi connectivity index (χ4v) is 5.17. The van der Waals surface area contributed by atoms with Crippen molar-refractivity contribution in [2.24, 2.45) is 0 Å². The van der Waals surface area contributed by atoms with Gasteiger partial charge in [-0.05, 0) is 108 Å². The van der Waals surface area contributed by atoms with E-state index in [1.807, 2.05) is 24.3 Å². The number of fused-ring (bicyclic) bond motifs is 3. The first-order valence-electron chi connectivity index (χ1n) is 13.3. The molecule has 2 aromatic carbocycles. The van der Waals surface area contributed by atoms with E-state index < -0.39 is 0 Å². The molecule has 1 aromatic heterocycles. The molecule has 39 heavy (non-hydrogen) atoms. The number of hydrogen-bond donors (Lipinski definition) is 0. The van der Waals surface area contributed by atoms with Gasteiger partial charge in [0.1, 0.15) is 45.8 Å². The molecule has 0 fully saturated rings. The monoisotopic (exact) mass is 664 g/mol. The van der Waals surface area contributed by atoms with Crippen LogP contribution in [0.3, 0.4) is 0 Å². The first-order valence-corrected chi connectivity index (χ1v) is 14.9. The average Bonchev–Trinajstić information content (AvgIpc) is 3.18. The Balaban J connectivity index is 1.55. The summed E-state index contributed by atoms with van der Waals surface area (Å²) in [5.74, 6) is 1.24. The first kappa shape index (κ1) is 31.0. The lowest BCUT2D eigenvalue weighted by molar-refractivity contribution is -0.127. The van der Waals surface area contributed by atoms with Gasteiger partial charge in [-0.15, -0.1) is 0 Å². The quantitative estimate of drug-likeness (QED) is 0.1000. The summed E-state index contributed by atoms with van der Waals surface area (Å²) in [6.45, 7) is 3.90. The number of hydrogen-bond acceptors (Lipinski definition) is 7. The molecule has 7 nitrogen and oxygen atoms in total. The fraction of sp³-hybridized carbons (Fsp3) is 0.467. The summed E-state index contributed by atoms with van der Waals surface area (Å²) in [5, 5.41) is 1.83. The van der Waals surface area contributed by atoms with Crippen LogP contribution in [0.5, 0.6) is 11.5 Å². The first-order chi connectivity index (χ1) is 18.6. The summed E-state index contributed by atoms with van der Waals surface area (Å²) >= 11 is 7.14. The lowest BCUT2D eigenvalue weighted by Crippen LogP contribution is -2.04. The van der Waals surface area contributed by atoms with E-state index in [4.69, 9.17) is 13.9 Å². The Hall–Kier alpha value is -2.52. The predicted molar refractivity (Wildman–Crippen MR) is 158 cm³/mol. The number of unbranched alkanes of at least 4 members (excludes halogenated alkanes) is 4. The summed E-state index contributed by atoms with van der Waals surface area (Å²) in [7, 11) is 0. The SMILES string of the molecule is CC(=O)CC(=O)CCCCCOc1cc2c(cc1Br)oc1cc(Br)c(OCCCCCC(=O)CC(C)=O)cc12. The molecule has 9 heteroatoms. The smallest absolute Gasteiger partial charge is 0.140 e. The molecular weight excluding hydrogens is 632 g/mol. The average molecular weight is 666 g/mol. The van der Waals surface area contributed by atoms with E-state index in [9.17, 15) is 19.2 Å². The van der Waals surface area contributed by atoms with Crippen molar-refractivity contribution >= 4 is 76.9 Å². The number of benzene rings is 2. The van der Waals surface area contributed by atoms with Gasteiger partial charge in [-0.2, -0.15) is 0 Å². The minimum absolute atomic E-state index is 0.00364. The zero-order valence-electron chi connectivity index (χ0n) is 22.4. The van der Waals surface area contributed by atoms with E-state index in [2.05, 4.69) is 31.9 Å². The van der Waals surface area contributed by atoms with Crippen molar-refractivity contribution in [3.8, 4) is 11.5 Å². The van der Waals surface area contributed by atoms with Crippen LogP contribution in [0.25, 0.3) is 21.9 Å². The molecule has 210 valence electrons. The third-order valence-electron chi connectivity index (χ3n) is 6.19. The number of carbonyl (C=O) groups is 4. The molecule has 0 saturated heterocycles. The van der Waals surface area contributed by atoms with Crippen LogP contribution in [-0.2, 0) is 19.2 Å². The highest BCUT2D eigenvalue weighted by molar-refractivity contribution is 9.11. The zero-order valence-corrected chi connectivity index (χ0v) is 25.6. The second-order valence-corrected chi connectivity index (χ2v) is 11.5. The lowest BCUT2D eigenvalue weighted by Gasteiger charge is -2.09. The molecule has 3 rings (SSSR count). The van der Waals surface area contributed by atoms with Crippen molar-refractivity contribution in [1.29, 1.82) is 0 Å². The van der Waals surface area contributed by atoms with E-state index in [0.29, 0.717) is 37.6 Å². The van der Waals surface area contributed by atoms with Gasteiger partial charge in [-0.25, -0.2) is 0 Å². The molecule has 0 saturated carbocycles. The van der Waals surface area contributed by atoms with Gasteiger partial charge >= 0.3 is 0 Å². The molecule has 0 aliphatic rings. The number of ether oxygens (including phenoxy) is 2. The second-order valence-electron chi connectivity index (χ2n) is 9.81. The lowest BCUT2D eigenvalue weighted by atomic mass is 10.1. The number of carbonyl (C=O) groups excluding carboxylic acids is 4. The minimum atomic E-state index is -0.0891. The molecule has 0 spiro atoms. The van der Waals surface area contributed by atoms with Crippen molar-refractivity contribution in [3.63, 3.8) is 0 Å². The standard InChI is InChI=1S/C30H34Br2O7/c1-19(33)13-21(35)9-5-3-7-11-37-29-15-23-24-16-30(26(32)18-28(24)39-27(23)17-25(29)31)38-12-8-4-6-10-22(36)14-20(2)34/h15-18H,3-14H2,1-2H3. The normalized spacial score (nSPS) is 11.2. The fourth-order valence-electron chi connectivity index (χ4n) is 4.30. The highest BCUT2D eigenvalue weighted by Crippen LogP contribution is 2.40. The van der Waals surface area contributed by atoms with Crippen LogP contribution in [0.1, 0.15) is 78.1 Å².